The average molecular weight is 393 g/mol. The molecule has 142 valence electrons. The Hall–Kier alpha value is -3.12. The van der Waals surface area contributed by atoms with Crippen molar-refractivity contribution in [2.45, 2.75) is 11.3 Å². The van der Waals surface area contributed by atoms with Gasteiger partial charge in [0.05, 0.1) is 17.7 Å². The van der Waals surface area contributed by atoms with Gasteiger partial charge in [0.2, 0.25) is 0 Å². The molecule has 0 unspecified atom stereocenters. The molecule has 0 aromatic heterocycles. The molecule has 0 bridgehead atoms. The first-order chi connectivity index (χ1) is 13.5. The van der Waals surface area contributed by atoms with Crippen LogP contribution in [0.5, 0.6) is 5.75 Å². The molecule has 3 aromatic carbocycles. The van der Waals surface area contributed by atoms with Crippen LogP contribution in [0.4, 0.5) is 5.69 Å². The van der Waals surface area contributed by atoms with Gasteiger partial charge in [-0.1, -0.05) is 42.5 Å². The monoisotopic (exact) mass is 393 g/mol. The lowest BCUT2D eigenvalue weighted by molar-refractivity contribution is 0.112. The third-order valence-electron chi connectivity index (χ3n) is 4.96. The largest absolute Gasteiger partial charge is 0.497 e. The Morgan fingerprint density at radius 3 is 2.32 bits per heavy atom. The zero-order valence-corrected chi connectivity index (χ0v) is 16.1. The lowest BCUT2D eigenvalue weighted by atomic mass is 10.00. The molecular formula is C22H19NO4S. The van der Waals surface area contributed by atoms with Gasteiger partial charge in [-0.3, -0.25) is 9.10 Å². The minimum atomic E-state index is -3.70. The zero-order valence-electron chi connectivity index (χ0n) is 15.3. The standard InChI is InChI=1S/C22H19NO4S/c1-27-19-9-11-20(12-10-19)28(25,26)23-14-13-18-3-2-4-21(22(18)23)17-7-5-16(15-24)6-8-17/h2-12,15H,13-14H2,1H3. The van der Waals surface area contributed by atoms with Crippen molar-refractivity contribution in [3.05, 3.63) is 77.9 Å². The first-order valence-electron chi connectivity index (χ1n) is 8.89. The van der Waals surface area contributed by atoms with E-state index in [2.05, 4.69) is 0 Å². The van der Waals surface area contributed by atoms with E-state index >= 15 is 0 Å². The molecular weight excluding hydrogens is 374 g/mol. The van der Waals surface area contributed by atoms with E-state index in [1.165, 1.54) is 4.31 Å². The summed E-state index contributed by atoms with van der Waals surface area (Å²) in [6, 6.07) is 19.4. The van der Waals surface area contributed by atoms with Crippen molar-refractivity contribution in [1.82, 2.24) is 0 Å². The second-order valence-electron chi connectivity index (χ2n) is 6.56. The topological polar surface area (TPSA) is 63.7 Å². The highest BCUT2D eigenvalue weighted by atomic mass is 32.2. The van der Waals surface area contributed by atoms with Crippen LogP contribution in [-0.4, -0.2) is 28.4 Å². The van der Waals surface area contributed by atoms with Crippen LogP contribution in [0.2, 0.25) is 0 Å². The van der Waals surface area contributed by atoms with Gasteiger partial charge < -0.3 is 4.74 Å². The number of aldehydes is 1. The van der Waals surface area contributed by atoms with E-state index in [0.29, 0.717) is 30.0 Å². The fourth-order valence-electron chi connectivity index (χ4n) is 3.51. The van der Waals surface area contributed by atoms with E-state index in [-0.39, 0.29) is 4.90 Å². The minimum absolute atomic E-state index is 0.229. The second kappa shape index (κ2) is 7.13. The van der Waals surface area contributed by atoms with Crippen LogP contribution in [0, 0.1) is 0 Å². The summed E-state index contributed by atoms with van der Waals surface area (Å²) >= 11 is 0. The van der Waals surface area contributed by atoms with E-state index in [1.54, 1.807) is 43.5 Å². The molecule has 1 heterocycles. The maximum Gasteiger partial charge on any atom is 0.264 e. The minimum Gasteiger partial charge on any atom is -0.497 e. The highest BCUT2D eigenvalue weighted by molar-refractivity contribution is 7.92. The fourth-order valence-corrected chi connectivity index (χ4v) is 5.03. The maximum absolute atomic E-state index is 13.3. The van der Waals surface area contributed by atoms with Gasteiger partial charge in [0.25, 0.3) is 10.0 Å². The second-order valence-corrected chi connectivity index (χ2v) is 8.42. The number of hydrogen-bond acceptors (Lipinski definition) is 4. The summed E-state index contributed by atoms with van der Waals surface area (Å²) < 4.78 is 33.2. The SMILES string of the molecule is COc1ccc(S(=O)(=O)N2CCc3cccc(-c4ccc(C=O)cc4)c32)cc1. The van der Waals surface area contributed by atoms with Crippen molar-refractivity contribution in [2.24, 2.45) is 0 Å². The molecule has 1 aliphatic heterocycles. The molecule has 6 heteroatoms. The molecule has 0 amide bonds. The third-order valence-corrected chi connectivity index (χ3v) is 6.77. The summed E-state index contributed by atoms with van der Waals surface area (Å²) in [7, 11) is -2.15. The summed E-state index contributed by atoms with van der Waals surface area (Å²) in [4.78, 5) is 11.2. The summed E-state index contributed by atoms with van der Waals surface area (Å²) in [5, 5.41) is 0. The summed E-state index contributed by atoms with van der Waals surface area (Å²) in [6.45, 7) is 0.396. The number of nitrogens with zero attached hydrogens (tertiary/aromatic N) is 1. The fraction of sp³-hybridized carbons (Fsp3) is 0.136. The van der Waals surface area contributed by atoms with Gasteiger partial charge in [0.15, 0.2) is 0 Å². The Morgan fingerprint density at radius 2 is 1.68 bits per heavy atom. The van der Waals surface area contributed by atoms with Gasteiger partial charge in [0.1, 0.15) is 12.0 Å². The van der Waals surface area contributed by atoms with Crippen LogP contribution < -0.4 is 9.04 Å². The number of sulfonamides is 1. The molecule has 0 aliphatic carbocycles. The number of ether oxygens (including phenoxy) is 1. The van der Waals surface area contributed by atoms with Gasteiger partial charge in [-0.05, 0) is 41.8 Å². The number of methoxy groups -OCH3 is 1. The van der Waals surface area contributed by atoms with Crippen molar-refractivity contribution in [2.75, 3.05) is 18.0 Å². The molecule has 0 fully saturated rings. The van der Waals surface area contributed by atoms with Crippen LogP contribution in [0.1, 0.15) is 15.9 Å². The number of para-hydroxylation sites is 1. The average Bonchev–Trinajstić information content (AvgIpc) is 3.19. The normalized spacial score (nSPS) is 13.2. The van der Waals surface area contributed by atoms with Crippen LogP contribution >= 0.6 is 0 Å². The first-order valence-corrected chi connectivity index (χ1v) is 10.3. The van der Waals surface area contributed by atoms with E-state index < -0.39 is 10.0 Å². The molecule has 0 radical (unpaired) electrons. The van der Waals surface area contributed by atoms with Crippen molar-refractivity contribution in [1.29, 1.82) is 0 Å². The van der Waals surface area contributed by atoms with Gasteiger partial charge in [-0.15, -0.1) is 0 Å². The van der Waals surface area contributed by atoms with E-state index in [1.807, 2.05) is 30.3 Å². The van der Waals surface area contributed by atoms with Gasteiger partial charge in [0, 0.05) is 17.7 Å². The van der Waals surface area contributed by atoms with E-state index in [9.17, 15) is 13.2 Å². The lowest BCUT2D eigenvalue weighted by Crippen LogP contribution is -2.29. The molecule has 0 atom stereocenters. The van der Waals surface area contributed by atoms with Crippen LogP contribution in [0.15, 0.2) is 71.6 Å². The predicted molar refractivity (Wildman–Crippen MR) is 108 cm³/mol. The number of carbonyl (C=O) groups excluding carboxylic acids is 1. The molecule has 0 saturated heterocycles. The highest BCUT2D eigenvalue weighted by Crippen LogP contribution is 2.41. The molecule has 28 heavy (non-hydrogen) atoms. The zero-order chi connectivity index (χ0) is 19.7. The number of rotatable bonds is 5. The smallest absolute Gasteiger partial charge is 0.264 e. The quantitative estimate of drug-likeness (QED) is 0.616. The van der Waals surface area contributed by atoms with Gasteiger partial charge in [-0.2, -0.15) is 0 Å². The lowest BCUT2D eigenvalue weighted by Gasteiger charge is -2.22. The van der Waals surface area contributed by atoms with Crippen molar-refractivity contribution < 1.29 is 17.9 Å². The van der Waals surface area contributed by atoms with Crippen LogP contribution in [-0.2, 0) is 16.4 Å². The first kappa shape index (κ1) is 18.3. The van der Waals surface area contributed by atoms with E-state index in [4.69, 9.17) is 4.74 Å². The van der Waals surface area contributed by atoms with Crippen molar-refractivity contribution >= 4 is 22.0 Å². The Morgan fingerprint density at radius 1 is 0.964 bits per heavy atom. The summed E-state index contributed by atoms with van der Waals surface area (Å²) in [6.07, 6.45) is 1.45. The van der Waals surface area contributed by atoms with Crippen LogP contribution in [0.25, 0.3) is 11.1 Å². The van der Waals surface area contributed by atoms with E-state index in [0.717, 1.165) is 23.0 Å². The molecule has 0 spiro atoms. The number of fused-ring (bicyclic) bond motifs is 1. The third kappa shape index (κ3) is 3.05. The Labute approximate surface area is 164 Å². The van der Waals surface area contributed by atoms with Crippen LogP contribution in [0.3, 0.4) is 0 Å². The van der Waals surface area contributed by atoms with Gasteiger partial charge >= 0.3 is 0 Å². The Balaban J connectivity index is 1.80. The number of benzene rings is 3. The summed E-state index contributed by atoms with van der Waals surface area (Å²) in [5.74, 6) is 0.608. The molecule has 0 N–H and O–H groups in total. The van der Waals surface area contributed by atoms with Crippen molar-refractivity contribution in [3.8, 4) is 16.9 Å². The number of carbonyl (C=O) groups is 1. The molecule has 3 aromatic rings. The molecule has 4 rings (SSSR count). The van der Waals surface area contributed by atoms with Crippen molar-refractivity contribution in [3.63, 3.8) is 0 Å². The Kier molecular flexibility index (Phi) is 4.65. The highest BCUT2D eigenvalue weighted by Gasteiger charge is 2.33. The Bertz CT molecular complexity index is 1120. The molecule has 0 saturated carbocycles. The maximum atomic E-state index is 13.3. The van der Waals surface area contributed by atoms with Gasteiger partial charge in [-0.25, -0.2) is 8.42 Å². The number of hydrogen-bond donors (Lipinski definition) is 0. The molecule has 1 aliphatic rings. The molecule has 5 nitrogen and oxygen atoms in total. The number of anilines is 1. The predicted octanol–water partition coefficient (Wildman–Crippen LogP) is 3.93. The summed E-state index contributed by atoms with van der Waals surface area (Å²) in [5.41, 5.74) is 3.99.